The maximum absolute atomic E-state index is 5.03. The molecular formula is C9H19NS2. The molecule has 3 heteroatoms. The quantitative estimate of drug-likeness (QED) is 0.524. The van der Waals surface area contributed by atoms with E-state index in [-0.39, 0.29) is 0 Å². The van der Waals surface area contributed by atoms with Gasteiger partial charge in [0.25, 0.3) is 0 Å². The van der Waals surface area contributed by atoms with E-state index in [1.54, 1.807) is 0 Å². The molecule has 12 heavy (non-hydrogen) atoms. The molecule has 0 bridgehead atoms. The van der Waals surface area contributed by atoms with Crippen LogP contribution in [0.3, 0.4) is 0 Å². The lowest BCUT2D eigenvalue weighted by Crippen LogP contribution is -2.28. The van der Waals surface area contributed by atoms with Gasteiger partial charge in [-0.15, -0.1) is 12.6 Å². The van der Waals surface area contributed by atoms with Crippen LogP contribution in [0.1, 0.15) is 39.5 Å². The molecular weight excluding hydrogens is 186 g/mol. The highest BCUT2D eigenvalue weighted by atomic mass is 32.1. The largest absolute Gasteiger partial charge is 0.358 e. The van der Waals surface area contributed by atoms with E-state index in [0.717, 1.165) is 17.4 Å². The first-order chi connectivity index (χ1) is 5.72. The summed E-state index contributed by atoms with van der Waals surface area (Å²) in [7, 11) is 0. The zero-order chi connectivity index (χ0) is 9.40. The van der Waals surface area contributed by atoms with Gasteiger partial charge in [0.15, 0.2) is 0 Å². The Kier molecular flexibility index (Phi) is 8.02. The molecule has 0 aliphatic rings. The average Bonchev–Trinajstić information content (AvgIpc) is 2.04. The molecule has 0 unspecified atom stereocenters. The number of hydrogen-bond donors (Lipinski definition) is 1. The fourth-order valence-corrected chi connectivity index (χ4v) is 1.38. The van der Waals surface area contributed by atoms with E-state index in [1.807, 2.05) is 0 Å². The molecule has 0 saturated carbocycles. The normalized spacial score (nSPS) is 9.92. The molecule has 0 aliphatic carbocycles. The number of nitrogens with zero attached hydrogens (tertiary/aromatic N) is 1. The second-order valence-electron chi connectivity index (χ2n) is 2.98. The Morgan fingerprint density at radius 3 is 1.83 bits per heavy atom. The Morgan fingerprint density at radius 2 is 1.58 bits per heavy atom. The van der Waals surface area contributed by atoms with Gasteiger partial charge < -0.3 is 4.90 Å². The predicted octanol–water partition coefficient (Wildman–Crippen LogP) is 3.10. The Morgan fingerprint density at radius 1 is 1.17 bits per heavy atom. The van der Waals surface area contributed by atoms with Crippen molar-refractivity contribution in [2.24, 2.45) is 0 Å². The molecule has 0 radical (unpaired) electrons. The van der Waals surface area contributed by atoms with Crippen LogP contribution < -0.4 is 0 Å². The van der Waals surface area contributed by atoms with Gasteiger partial charge in [-0.1, -0.05) is 38.9 Å². The first kappa shape index (κ1) is 12.2. The Labute approximate surface area is 86.9 Å². The molecule has 0 heterocycles. The molecule has 0 amide bonds. The molecule has 1 nitrogen and oxygen atoms in total. The van der Waals surface area contributed by atoms with Crippen LogP contribution in [0.25, 0.3) is 0 Å². The summed E-state index contributed by atoms with van der Waals surface area (Å²) in [6.45, 7) is 6.52. The van der Waals surface area contributed by atoms with Crippen LogP contribution in [0.5, 0.6) is 0 Å². The van der Waals surface area contributed by atoms with Gasteiger partial charge in [0, 0.05) is 13.1 Å². The van der Waals surface area contributed by atoms with E-state index < -0.39 is 0 Å². The minimum Gasteiger partial charge on any atom is -0.358 e. The highest BCUT2D eigenvalue weighted by Gasteiger charge is 2.03. The van der Waals surface area contributed by atoms with E-state index in [9.17, 15) is 0 Å². The number of thiocarbonyl (C=S) groups is 1. The van der Waals surface area contributed by atoms with Crippen LogP contribution in [0.4, 0.5) is 0 Å². The summed E-state index contributed by atoms with van der Waals surface area (Å²) in [6, 6.07) is 0. The molecule has 0 aromatic heterocycles. The summed E-state index contributed by atoms with van der Waals surface area (Å²) in [5.41, 5.74) is 0. The van der Waals surface area contributed by atoms with E-state index in [4.69, 9.17) is 12.2 Å². The van der Waals surface area contributed by atoms with Crippen LogP contribution in [0.15, 0.2) is 0 Å². The van der Waals surface area contributed by atoms with Crippen LogP contribution in [0, 0.1) is 0 Å². The van der Waals surface area contributed by atoms with Crippen molar-refractivity contribution in [1.82, 2.24) is 4.90 Å². The van der Waals surface area contributed by atoms with Gasteiger partial charge in [-0.3, -0.25) is 0 Å². The molecule has 0 rings (SSSR count). The van der Waals surface area contributed by atoms with Crippen molar-refractivity contribution in [2.45, 2.75) is 39.5 Å². The monoisotopic (exact) mass is 205 g/mol. The lowest BCUT2D eigenvalue weighted by molar-refractivity contribution is 0.411. The number of thiol groups is 1. The maximum atomic E-state index is 5.03. The summed E-state index contributed by atoms with van der Waals surface area (Å²) >= 11 is 9.23. The van der Waals surface area contributed by atoms with E-state index in [2.05, 4.69) is 31.4 Å². The third kappa shape index (κ3) is 5.84. The number of rotatable bonds is 6. The summed E-state index contributed by atoms with van der Waals surface area (Å²) in [5, 5.41) is 0. The second-order valence-corrected chi connectivity index (χ2v) is 4.09. The minimum atomic E-state index is 0.747. The van der Waals surface area contributed by atoms with Crippen molar-refractivity contribution in [3.8, 4) is 0 Å². The zero-order valence-corrected chi connectivity index (χ0v) is 9.76. The molecule has 0 aromatic carbocycles. The molecule has 72 valence electrons. The standard InChI is InChI=1S/C9H19NS2/c1-3-5-7-10(9(11)12)8-6-4-2/h3-8H2,1-2H3,(H,11,12). The molecule has 0 aromatic rings. The molecule has 0 saturated heterocycles. The van der Waals surface area contributed by atoms with Crippen molar-refractivity contribution in [1.29, 1.82) is 0 Å². The third-order valence-electron chi connectivity index (χ3n) is 1.83. The van der Waals surface area contributed by atoms with Crippen LogP contribution in [-0.4, -0.2) is 22.3 Å². The van der Waals surface area contributed by atoms with Crippen molar-refractivity contribution < 1.29 is 0 Å². The fraction of sp³-hybridized carbons (Fsp3) is 0.889. The average molecular weight is 205 g/mol. The molecule has 0 spiro atoms. The van der Waals surface area contributed by atoms with Gasteiger partial charge in [0.05, 0.1) is 0 Å². The Hall–Kier alpha value is 0.240. The van der Waals surface area contributed by atoms with Gasteiger partial charge in [0.1, 0.15) is 4.32 Å². The van der Waals surface area contributed by atoms with Crippen molar-refractivity contribution >= 4 is 29.2 Å². The first-order valence-corrected chi connectivity index (χ1v) is 5.55. The molecule has 0 fully saturated rings. The molecule has 0 atom stereocenters. The smallest absolute Gasteiger partial charge is 0.133 e. The second kappa shape index (κ2) is 7.87. The number of hydrogen-bond acceptors (Lipinski definition) is 1. The zero-order valence-electron chi connectivity index (χ0n) is 8.05. The van der Waals surface area contributed by atoms with Crippen molar-refractivity contribution in [3.63, 3.8) is 0 Å². The topological polar surface area (TPSA) is 3.24 Å². The fourth-order valence-electron chi connectivity index (χ4n) is 1.00. The van der Waals surface area contributed by atoms with Crippen LogP contribution in [-0.2, 0) is 0 Å². The van der Waals surface area contributed by atoms with Gasteiger partial charge >= 0.3 is 0 Å². The van der Waals surface area contributed by atoms with E-state index in [1.165, 1.54) is 25.7 Å². The molecule has 0 aliphatic heterocycles. The van der Waals surface area contributed by atoms with Crippen LogP contribution in [0.2, 0.25) is 0 Å². The van der Waals surface area contributed by atoms with Gasteiger partial charge in [0.2, 0.25) is 0 Å². The van der Waals surface area contributed by atoms with E-state index in [0.29, 0.717) is 0 Å². The number of unbranched alkanes of at least 4 members (excludes halogenated alkanes) is 2. The van der Waals surface area contributed by atoms with Gasteiger partial charge in [-0.2, -0.15) is 0 Å². The third-order valence-corrected chi connectivity index (χ3v) is 2.37. The molecule has 0 N–H and O–H groups in total. The van der Waals surface area contributed by atoms with Crippen LogP contribution >= 0.6 is 24.8 Å². The maximum Gasteiger partial charge on any atom is 0.133 e. The van der Waals surface area contributed by atoms with Crippen molar-refractivity contribution in [3.05, 3.63) is 0 Å². The lowest BCUT2D eigenvalue weighted by Gasteiger charge is -2.21. The Balaban J connectivity index is 3.62. The summed E-state index contributed by atoms with van der Waals surface area (Å²) < 4.78 is 0.747. The van der Waals surface area contributed by atoms with Crippen molar-refractivity contribution in [2.75, 3.05) is 13.1 Å². The first-order valence-electron chi connectivity index (χ1n) is 4.70. The SMILES string of the molecule is CCCCN(CCCC)C(=S)S. The minimum absolute atomic E-state index is 0.747. The summed E-state index contributed by atoms with van der Waals surface area (Å²) in [5.74, 6) is 0. The predicted molar refractivity (Wildman–Crippen MR) is 63.0 cm³/mol. The van der Waals surface area contributed by atoms with Gasteiger partial charge in [-0.05, 0) is 12.8 Å². The summed E-state index contributed by atoms with van der Waals surface area (Å²) in [6.07, 6.45) is 4.87. The highest BCUT2D eigenvalue weighted by molar-refractivity contribution is 8.10. The summed E-state index contributed by atoms with van der Waals surface area (Å²) in [4.78, 5) is 2.19. The highest BCUT2D eigenvalue weighted by Crippen LogP contribution is 2.02. The van der Waals surface area contributed by atoms with E-state index >= 15 is 0 Å². The van der Waals surface area contributed by atoms with Gasteiger partial charge in [-0.25, -0.2) is 0 Å². The Bertz CT molecular complexity index is 118. The lowest BCUT2D eigenvalue weighted by atomic mass is 10.3.